The lowest BCUT2D eigenvalue weighted by atomic mass is 10.4. The van der Waals surface area contributed by atoms with E-state index in [1.165, 1.54) is 18.2 Å². The molecule has 0 nitrogen and oxygen atoms in total. The van der Waals surface area contributed by atoms with Gasteiger partial charge in [0.2, 0.25) is 0 Å². The maximum absolute atomic E-state index is 12.5. The van der Waals surface area contributed by atoms with Crippen molar-refractivity contribution in [3.63, 3.8) is 0 Å². The molecule has 0 saturated heterocycles. The van der Waals surface area contributed by atoms with Crippen LogP contribution in [0.2, 0.25) is 0 Å². The molecule has 1 aromatic carbocycles. The number of rotatable bonds is 2. The Bertz CT molecular complexity index is 282. The molecular formula is C8H6F4S. The predicted molar refractivity (Wildman–Crippen MR) is 43.2 cm³/mol. The van der Waals surface area contributed by atoms with E-state index in [9.17, 15) is 17.6 Å². The van der Waals surface area contributed by atoms with Gasteiger partial charge in [0, 0.05) is 4.90 Å². The lowest BCUT2D eigenvalue weighted by Gasteiger charge is -2.05. The molecule has 0 saturated carbocycles. The van der Waals surface area contributed by atoms with E-state index in [4.69, 9.17) is 0 Å². The first-order chi connectivity index (χ1) is 5.97. The monoisotopic (exact) mass is 210 g/mol. The molecule has 0 aliphatic rings. The third-order valence-electron chi connectivity index (χ3n) is 1.20. The van der Waals surface area contributed by atoms with Crippen LogP contribution >= 0.6 is 11.8 Å². The van der Waals surface area contributed by atoms with Crippen LogP contribution in [0.4, 0.5) is 17.6 Å². The van der Waals surface area contributed by atoms with Gasteiger partial charge in [-0.3, -0.25) is 0 Å². The molecule has 1 aromatic rings. The van der Waals surface area contributed by atoms with Crippen molar-refractivity contribution in [3.8, 4) is 0 Å². The van der Waals surface area contributed by atoms with Gasteiger partial charge in [-0.2, -0.15) is 13.2 Å². The molecule has 0 unspecified atom stereocenters. The Kier molecular flexibility index (Phi) is 3.19. The molecule has 0 aliphatic carbocycles. The average molecular weight is 210 g/mol. The molecule has 0 amide bonds. The van der Waals surface area contributed by atoms with Crippen molar-refractivity contribution in [1.29, 1.82) is 0 Å². The molecule has 0 bridgehead atoms. The van der Waals surface area contributed by atoms with Crippen LogP contribution in [0.5, 0.6) is 0 Å². The number of alkyl halides is 3. The van der Waals surface area contributed by atoms with Gasteiger partial charge in [-0.15, -0.1) is 11.8 Å². The molecular weight excluding hydrogens is 204 g/mol. The van der Waals surface area contributed by atoms with Crippen LogP contribution in [0, 0.1) is 5.82 Å². The summed E-state index contributed by atoms with van der Waals surface area (Å²) in [6, 6.07) is 5.10. The van der Waals surface area contributed by atoms with Crippen molar-refractivity contribution in [2.45, 2.75) is 11.1 Å². The predicted octanol–water partition coefficient (Wildman–Crippen LogP) is 3.48. The van der Waals surface area contributed by atoms with Crippen LogP contribution < -0.4 is 0 Å². The fourth-order valence-corrected chi connectivity index (χ4v) is 1.42. The standard InChI is InChI=1S/C8H6F4S/c9-6-2-1-3-7(4-6)13-5-8(10,11)12/h1-4H,5H2. The molecule has 5 heteroatoms. The highest BCUT2D eigenvalue weighted by Gasteiger charge is 2.27. The maximum atomic E-state index is 12.5. The highest BCUT2D eigenvalue weighted by Crippen LogP contribution is 2.27. The lowest BCUT2D eigenvalue weighted by Crippen LogP contribution is -2.10. The van der Waals surface area contributed by atoms with Gasteiger partial charge < -0.3 is 0 Å². The van der Waals surface area contributed by atoms with E-state index in [-0.39, 0.29) is 4.90 Å². The molecule has 0 aromatic heterocycles. The zero-order chi connectivity index (χ0) is 9.90. The smallest absolute Gasteiger partial charge is 0.207 e. The van der Waals surface area contributed by atoms with Crippen LogP contribution in [0.25, 0.3) is 0 Å². The highest BCUT2D eigenvalue weighted by molar-refractivity contribution is 7.99. The number of thioether (sulfide) groups is 1. The minimum atomic E-state index is -4.21. The van der Waals surface area contributed by atoms with Crippen molar-refractivity contribution in [1.82, 2.24) is 0 Å². The van der Waals surface area contributed by atoms with Gasteiger partial charge in [0.05, 0.1) is 5.75 Å². The summed E-state index contributed by atoms with van der Waals surface area (Å²) in [5.41, 5.74) is 0. The molecule has 0 heterocycles. The molecule has 0 atom stereocenters. The molecule has 13 heavy (non-hydrogen) atoms. The Morgan fingerprint density at radius 2 is 1.92 bits per heavy atom. The summed E-state index contributed by atoms with van der Waals surface area (Å²) in [6.45, 7) is 0. The number of halogens is 4. The van der Waals surface area contributed by atoms with E-state index >= 15 is 0 Å². The molecule has 0 fully saturated rings. The Morgan fingerprint density at radius 3 is 2.46 bits per heavy atom. The fraction of sp³-hybridized carbons (Fsp3) is 0.250. The minimum absolute atomic E-state index is 0.289. The van der Waals surface area contributed by atoms with Crippen molar-refractivity contribution in [3.05, 3.63) is 30.1 Å². The summed E-state index contributed by atoms with van der Waals surface area (Å²) in [7, 11) is 0. The molecule has 72 valence electrons. The first kappa shape index (κ1) is 10.4. The Morgan fingerprint density at radius 1 is 1.23 bits per heavy atom. The Labute approximate surface area is 76.9 Å². The van der Waals surface area contributed by atoms with Crippen molar-refractivity contribution in [2.24, 2.45) is 0 Å². The van der Waals surface area contributed by atoms with Gasteiger partial charge in [-0.1, -0.05) is 6.07 Å². The van der Waals surface area contributed by atoms with Crippen LogP contribution in [0.1, 0.15) is 0 Å². The average Bonchev–Trinajstić information content (AvgIpc) is 2.00. The van der Waals surface area contributed by atoms with E-state index < -0.39 is 17.7 Å². The van der Waals surface area contributed by atoms with Gasteiger partial charge >= 0.3 is 6.18 Å². The number of benzene rings is 1. The third-order valence-corrected chi connectivity index (χ3v) is 2.26. The van der Waals surface area contributed by atoms with Gasteiger partial charge in [0.15, 0.2) is 0 Å². The summed E-state index contributed by atoms with van der Waals surface area (Å²) in [5.74, 6) is -1.51. The Hall–Kier alpha value is -0.710. The van der Waals surface area contributed by atoms with Crippen LogP contribution in [-0.2, 0) is 0 Å². The Balaban J connectivity index is 2.55. The third kappa shape index (κ3) is 4.17. The maximum Gasteiger partial charge on any atom is 0.398 e. The summed E-state index contributed by atoms with van der Waals surface area (Å²) in [5, 5.41) is 0. The zero-order valence-corrected chi connectivity index (χ0v) is 7.25. The number of hydrogen-bond acceptors (Lipinski definition) is 1. The molecule has 1 rings (SSSR count). The SMILES string of the molecule is Fc1cccc(SCC(F)(F)F)c1. The van der Waals surface area contributed by atoms with E-state index in [0.717, 1.165) is 6.07 Å². The number of hydrogen-bond donors (Lipinski definition) is 0. The van der Waals surface area contributed by atoms with E-state index in [1.54, 1.807) is 0 Å². The first-order valence-electron chi connectivity index (χ1n) is 3.42. The van der Waals surface area contributed by atoms with Crippen molar-refractivity contribution >= 4 is 11.8 Å². The van der Waals surface area contributed by atoms with Crippen LogP contribution in [0.3, 0.4) is 0 Å². The normalized spacial score (nSPS) is 11.7. The van der Waals surface area contributed by atoms with Crippen molar-refractivity contribution < 1.29 is 17.6 Å². The van der Waals surface area contributed by atoms with Gasteiger partial charge in [0.1, 0.15) is 5.82 Å². The summed E-state index contributed by atoms with van der Waals surface area (Å²) in [6.07, 6.45) is -4.21. The summed E-state index contributed by atoms with van der Waals surface area (Å²) >= 11 is 0.577. The highest BCUT2D eigenvalue weighted by atomic mass is 32.2. The quantitative estimate of drug-likeness (QED) is 0.532. The first-order valence-corrected chi connectivity index (χ1v) is 4.41. The molecule has 0 aliphatic heterocycles. The van der Waals surface area contributed by atoms with E-state index in [1.807, 2.05) is 0 Å². The van der Waals surface area contributed by atoms with E-state index in [0.29, 0.717) is 11.8 Å². The van der Waals surface area contributed by atoms with Crippen molar-refractivity contribution in [2.75, 3.05) is 5.75 Å². The molecule has 0 spiro atoms. The van der Waals surface area contributed by atoms with Gasteiger partial charge in [0.25, 0.3) is 0 Å². The van der Waals surface area contributed by atoms with Gasteiger partial charge in [-0.05, 0) is 18.2 Å². The topological polar surface area (TPSA) is 0 Å². The molecule has 0 N–H and O–H groups in total. The lowest BCUT2D eigenvalue weighted by molar-refractivity contribution is -0.105. The molecule has 0 radical (unpaired) electrons. The summed E-state index contributed by atoms with van der Waals surface area (Å²) < 4.78 is 47.7. The second-order valence-electron chi connectivity index (χ2n) is 2.36. The second-order valence-corrected chi connectivity index (χ2v) is 3.41. The minimum Gasteiger partial charge on any atom is -0.207 e. The summed E-state index contributed by atoms with van der Waals surface area (Å²) in [4.78, 5) is 0.289. The largest absolute Gasteiger partial charge is 0.398 e. The van der Waals surface area contributed by atoms with Gasteiger partial charge in [-0.25, -0.2) is 4.39 Å². The van der Waals surface area contributed by atoms with Crippen LogP contribution in [0.15, 0.2) is 29.2 Å². The fourth-order valence-electron chi connectivity index (χ4n) is 0.722. The van der Waals surface area contributed by atoms with Crippen LogP contribution in [-0.4, -0.2) is 11.9 Å². The second kappa shape index (κ2) is 4.00. The zero-order valence-electron chi connectivity index (χ0n) is 6.44. The van der Waals surface area contributed by atoms with E-state index in [2.05, 4.69) is 0 Å².